The maximum absolute atomic E-state index is 13.0. The first-order valence-electron chi connectivity index (χ1n) is 10.6. The van der Waals surface area contributed by atoms with Crippen molar-refractivity contribution in [3.8, 4) is 0 Å². The van der Waals surface area contributed by atoms with Crippen molar-refractivity contribution in [2.24, 2.45) is 0 Å². The Labute approximate surface area is 182 Å². The summed E-state index contributed by atoms with van der Waals surface area (Å²) in [5, 5.41) is 2.98. The molecule has 0 radical (unpaired) electrons. The minimum atomic E-state index is -3.74. The van der Waals surface area contributed by atoms with Crippen molar-refractivity contribution in [3.05, 3.63) is 59.2 Å². The molecule has 0 bridgehead atoms. The number of rotatable bonds is 6. The third kappa shape index (κ3) is 4.74. The second-order valence-electron chi connectivity index (χ2n) is 8.39. The van der Waals surface area contributed by atoms with E-state index in [-0.39, 0.29) is 22.8 Å². The average Bonchev–Trinajstić information content (AvgIpc) is 3.40. The summed E-state index contributed by atoms with van der Waals surface area (Å²) in [5.41, 5.74) is 2.33. The fourth-order valence-corrected chi connectivity index (χ4v) is 5.25. The first-order chi connectivity index (χ1) is 14.7. The van der Waals surface area contributed by atoms with Crippen LogP contribution in [-0.2, 0) is 14.8 Å². The summed E-state index contributed by atoms with van der Waals surface area (Å²) in [6.45, 7) is 4.14. The molecular weight excluding hydrogens is 414 g/mol. The van der Waals surface area contributed by atoms with E-state index in [4.69, 9.17) is 0 Å². The summed E-state index contributed by atoms with van der Waals surface area (Å²) in [6, 6.07) is 11.4. The van der Waals surface area contributed by atoms with Gasteiger partial charge in [-0.15, -0.1) is 0 Å². The lowest BCUT2D eigenvalue weighted by atomic mass is 10.1. The van der Waals surface area contributed by atoms with Gasteiger partial charge in [-0.1, -0.05) is 12.1 Å². The molecule has 1 aliphatic heterocycles. The largest absolute Gasteiger partial charge is 0.352 e. The number of hydrogen-bond acceptors (Lipinski definition) is 4. The topological polar surface area (TPSA) is 95.6 Å². The molecule has 1 atom stereocenters. The monoisotopic (exact) mass is 441 g/mol. The number of benzene rings is 2. The lowest BCUT2D eigenvalue weighted by Crippen LogP contribution is -2.46. The fourth-order valence-electron chi connectivity index (χ4n) is 3.86. The third-order valence-electron chi connectivity index (χ3n) is 5.76. The van der Waals surface area contributed by atoms with Gasteiger partial charge in [-0.3, -0.25) is 14.3 Å². The van der Waals surface area contributed by atoms with Gasteiger partial charge >= 0.3 is 0 Å². The standard InChI is InChI=1S/C23H27N3O4S/c1-15-5-6-16(2)21(14-15)31(29,30)25-19-9-7-17(8-10-19)23(28)26-13-3-4-20(26)22(27)24-18-11-12-18/h5-10,14,18,20,25H,3-4,11-13H2,1-2H3,(H,24,27). The lowest BCUT2D eigenvalue weighted by Gasteiger charge is -2.24. The van der Waals surface area contributed by atoms with E-state index in [1.54, 1.807) is 48.2 Å². The van der Waals surface area contributed by atoms with Gasteiger partial charge in [0.2, 0.25) is 5.91 Å². The number of anilines is 1. The van der Waals surface area contributed by atoms with E-state index in [1.807, 2.05) is 13.0 Å². The Hall–Kier alpha value is -2.87. The maximum atomic E-state index is 13.0. The summed E-state index contributed by atoms with van der Waals surface area (Å²) in [7, 11) is -3.74. The van der Waals surface area contributed by atoms with Crippen molar-refractivity contribution in [3.63, 3.8) is 0 Å². The molecule has 1 heterocycles. The molecule has 2 amide bonds. The lowest BCUT2D eigenvalue weighted by molar-refractivity contribution is -0.125. The molecular formula is C23H27N3O4S. The molecule has 8 heteroatoms. The Morgan fingerprint density at radius 1 is 1.00 bits per heavy atom. The molecule has 1 saturated carbocycles. The van der Waals surface area contributed by atoms with Crippen molar-refractivity contribution in [2.45, 2.75) is 56.5 Å². The van der Waals surface area contributed by atoms with Crippen LogP contribution in [0, 0.1) is 13.8 Å². The summed E-state index contributed by atoms with van der Waals surface area (Å²) in [4.78, 5) is 27.3. The summed E-state index contributed by atoms with van der Waals surface area (Å²) < 4.78 is 28.1. The van der Waals surface area contributed by atoms with Crippen molar-refractivity contribution in [1.29, 1.82) is 0 Å². The first kappa shape index (κ1) is 21.4. The van der Waals surface area contributed by atoms with Crippen LogP contribution in [0.4, 0.5) is 5.69 Å². The van der Waals surface area contributed by atoms with Crippen molar-refractivity contribution in [2.75, 3.05) is 11.3 Å². The smallest absolute Gasteiger partial charge is 0.262 e. The number of nitrogens with zero attached hydrogens (tertiary/aromatic N) is 1. The summed E-state index contributed by atoms with van der Waals surface area (Å²) in [5.74, 6) is -0.288. The number of likely N-dealkylation sites (tertiary alicyclic amines) is 1. The molecule has 1 unspecified atom stereocenters. The van der Waals surface area contributed by atoms with Crippen molar-refractivity contribution >= 4 is 27.5 Å². The summed E-state index contributed by atoms with van der Waals surface area (Å²) >= 11 is 0. The van der Waals surface area contributed by atoms with Crippen LogP contribution in [0.1, 0.15) is 47.2 Å². The number of sulfonamides is 1. The summed E-state index contributed by atoms with van der Waals surface area (Å²) in [6.07, 6.45) is 3.47. The molecule has 2 N–H and O–H groups in total. The molecule has 2 aromatic rings. The Bertz CT molecular complexity index is 1110. The van der Waals surface area contributed by atoms with Crippen LogP contribution in [0.3, 0.4) is 0 Å². The molecule has 31 heavy (non-hydrogen) atoms. The minimum Gasteiger partial charge on any atom is -0.352 e. The zero-order valence-corrected chi connectivity index (χ0v) is 18.5. The Balaban J connectivity index is 1.47. The van der Waals surface area contributed by atoms with Gasteiger partial charge in [0.25, 0.3) is 15.9 Å². The molecule has 2 aliphatic rings. The van der Waals surface area contributed by atoms with E-state index >= 15 is 0 Å². The number of carbonyl (C=O) groups excluding carboxylic acids is 2. The number of amides is 2. The van der Waals surface area contributed by atoms with Crippen LogP contribution in [0.5, 0.6) is 0 Å². The molecule has 1 saturated heterocycles. The highest BCUT2D eigenvalue weighted by molar-refractivity contribution is 7.92. The van der Waals surface area contributed by atoms with Crippen LogP contribution in [-0.4, -0.2) is 43.8 Å². The molecule has 1 aliphatic carbocycles. The highest BCUT2D eigenvalue weighted by Gasteiger charge is 2.36. The SMILES string of the molecule is Cc1ccc(C)c(S(=O)(=O)Nc2ccc(C(=O)N3CCCC3C(=O)NC3CC3)cc2)c1. The van der Waals surface area contributed by atoms with Crippen LogP contribution < -0.4 is 10.0 Å². The maximum Gasteiger partial charge on any atom is 0.262 e. The van der Waals surface area contributed by atoms with Crippen molar-refractivity contribution in [1.82, 2.24) is 10.2 Å². The average molecular weight is 442 g/mol. The van der Waals surface area contributed by atoms with E-state index in [0.29, 0.717) is 29.8 Å². The Kier molecular flexibility index (Phi) is 5.75. The van der Waals surface area contributed by atoms with E-state index in [9.17, 15) is 18.0 Å². The van der Waals surface area contributed by atoms with Gasteiger partial charge in [-0.2, -0.15) is 0 Å². The molecule has 0 aromatic heterocycles. The van der Waals surface area contributed by atoms with Crippen molar-refractivity contribution < 1.29 is 18.0 Å². The van der Waals surface area contributed by atoms with Crippen LogP contribution in [0.25, 0.3) is 0 Å². The molecule has 4 rings (SSSR count). The van der Waals surface area contributed by atoms with Gasteiger partial charge < -0.3 is 10.2 Å². The number of aryl methyl sites for hydroxylation is 2. The molecule has 7 nitrogen and oxygen atoms in total. The first-order valence-corrected chi connectivity index (χ1v) is 12.0. The number of hydrogen-bond donors (Lipinski definition) is 2. The van der Waals surface area contributed by atoms with Gasteiger partial charge in [0.15, 0.2) is 0 Å². The van der Waals surface area contributed by atoms with Crippen LogP contribution in [0.2, 0.25) is 0 Å². The van der Waals surface area contributed by atoms with E-state index in [0.717, 1.165) is 24.8 Å². The van der Waals surface area contributed by atoms with E-state index in [1.165, 1.54) is 0 Å². The Morgan fingerprint density at radius 2 is 1.71 bits per heavy atom. The number of nitrogens with one attached hydrogen (secondary N) is 2. The predicted molar refractivity (Wildman–Crippen MR) is 118 cm³/mol. The van der Waals surface area contributed by atoms with Gasteiger partial charge in [-0.25, -0.2) is 8.42 Å². The highest BCUT2D eigenvalue weighted by Crippen LogP contribution is 2.25. The van der Waals surface area contributed by atoms with Gasteiger partial charge in [0.05, 0.1) is 4.90 Å². The second-order valence-corrected chi connectivity index (χ2v) is 10.0. The predicted octanol–water partition coefficient (Wildman–Crippen LogP) is 2.99. The molecule has 2 fully saturated rings. The zero-order chi connectivity index (χ0) is 22.2. The normalized spacial score (nSPS) is 18.6. The molecule has 164 valence electrons. The number of carbonyl (C=O) groups is 2. The van der Waals surface area contributed by atoms with Gasteiger partial charge in [-0.05, 0) is 81.0 Å². The third-order valence-corrected chi connectivity index (χ3v) is 7.28. The van der Waals surface area contributed by atoms with E-state index < -0.39 is 16.1 Å². The zero-order valence-electron chi connectivity index (χ0n) is 17.7. The minimum absolute atomic E-state index is 0.0775. The Morgan fingerprint density at radius 3 is 2.39 bits per heavy atom. The quantitative estimate of drug-likeness (QED) is 0.720. The fraction of sp³-hybridized carbons (Fsp3) is 0.391. The van der Waals surface area contributed by atoms with Gasteiger partial charge in [0.1, 0.15) is 6.04 Å². The second kappa shape index (κ2) is 8.34. The molecule has 2 aromatic carbocycles. The van der Waals surface area contributed by atoms with Crippen LogP contribution in [0.15, 0.2) is 47.4 Å². The highest BCUT2D eigenvalue weighted by atomic mass is 32.2. The van der Waals surface area contributed by atoms with E-state index in [2.05, 4.69) is 10.0 Å². The molecule has 0 spiro atoms. The van der Waals surface area contributed by atoms with Gasteiger partial charge in [0, 0.05) is 23.8 Å². The van der Waals surface area contributed by atoms with Crippen LogP contribution >= 0.6 is 0 Å².